The molecule has 0 radical (unpaired) electrons. The number of hydrogen-bond acceptors (Lipinski definition) is 3. The molecule has 5 heteroatoms. The van der Waals surface area contributed by atoms with Gasteiger partial charge in [-0.25, -0.2) is 4.79 Å². The van der Waals surface area contributed by atoms with Crippen LogP contribution in [0.25, 0.3) is 0 Å². The first kappa shape index (κ1) is 14.8. The van der Waals surface area contributed by atoms with Crippen molar-refractivity contribution in [1.82, 2.24) is 9.97 Å². The lowest BCUT2D eigenvalue weighted by molar-refractivity contribution is 0.288. The van der Waals surface area contributed by atoms with Crippen molar-refractivity contribution in [2.45, 2.75) is 13.0 Å². The normalized spacial score (nSPS) is 10.4. The Bertz CT molecular complexity index is 883. The van der Waals surface area contributed by atoms with Crippen LogP contribution in [0.2, 0.25) is 0 Å². The van der Waals surface area contributed by atoms with Crippen molar-refractivity contribution in [3.8, 4) is 5.88 Å². The molecule has 23 heavy (non-hydrogen) atoms. The fraction of sp³-hybridized carbons (Fsp3) is 0.111. The van der Waals surface area contributed by atoms with Crippen LogP contribution in [0.4, 0.5) is 0 Å². The summed E-state index contributed by atoms with van der Waals surface area (Å²) < 4.78 is 5.68. The molecule has 0 aliphatic rings. The van der Waals surface area contributed by atoms with Gasteiger partial charge in [0, 0.05) is 6.42 Å². The minimum Gasteiger partial charge on any atom is -0.474 e. The van der Waals surface area contributed by atoms with E-state index in [2.05, 4.69) is 9.97 Å². The van der Waals surface area contributed by atoms with E-state index in [4.69, 9.17) is 4.74 Å². The van der Waals surface area contributed by atoms with Gasteiger partial charge in [0.15, 0.2) is 0 Å². The van der Waals surface area contributed by atoms with Gasteiger partial charge < -0.3 is 4.74 Å². The molecule has 0 unspecified atom stereocenters. The zero-order chi connectivity index (χ0) is 16.1. The highest BCUT2D eigenvalue weighted by Crippen LogP contribution is 2.15. The molecule has 1 aromatic heterocycles. The Morgan fingerprint density at radius 1 is 0.783 bits per heavy atom. The highest BCUT2D eigenvalue weighted by Gasteiger charge is 2.12. The van der Waals surface area contributed by atoms with E-state index >= 15 is 0 Å². The largest absolute Gasteiger partial charge is 0.474 e. The van der Waals surface area contributed by atoms with Crippen LogP contribution in [-0.4, -0.2) is 9.97 Å². The maximum absolute atomic E-state index is 12.1. The van der Waals surface area contributed by atoms with Crippen LogP contribution in [0.5, 0.6) is 5.88 Å². The first-order chi connectivity index (χ1) is 11.2. The zero-order valence-corrected chi connectivity index (χ0v) is 12.4. The summed E-state index contributed by atoms with van der Waals surface area (Å²) in [5.41, 5.74) is 1.33. The molecular weight excluding hydrogens is 292 g/mol. The van der Waals surface area contributed by atoms with Crippen LogP contribution in [0, 0.1) is 0 Å². The minimum atomic E-state index is -0.574. The van der Waals surface area contributed by atoms with Crippen LogP contribution in [0.3, 0.4) is 0 Å². The van der Waals surface area contributed by atoms with Crippen molar-refractivity contribution < 1.29 is 4.74 Å². The molecule has 0 amide bonds. The number of aromatic amines is 2. The predicted molar refractivity (Wildman–Crippen MR) is 87.7 cm³/mol. The Morgan fingerprint density at radius 3 is 2.04 bits per heavy atom. The van der Waals surface area contributed by atoms with E-state index in [1.807, 2.05) is 60.7 Å². The van der Waals surface area contributed by atoms with E-state index < -0.39 is 11.2 Å². The number of rotatable bonds is 5. The van der Waals surface area contributed by atoms with Gasteiger partial charge in [0.25, 0.3) is 5.56 Å². The molecule has 1 heterocycles. The highest BCUT2D eigenvalue weighted by atomic mass is 16.5. The molecule has 3 aromatic rings. The Labute approximate surface area is 132 Å². The molecular formula is C18H16N2O3. The molecule has 2 aromatic carbocycles. The molecule has 0 fully saturated rings. The maximum Gasteiger partial charge on any atom is 0.328 e. The topological polar surface area (TPSA) is 75.0 Å². The molecule has 0 aliphatic carbocycles. The molecule has 0 spiro atoms. The Morgan fingerprint density at radius 2 is 1.39 bits per heavy atom. The van der Waals surface area contributed by atoms with Crippen LogP contribution in [0.1, 0.15) is 16.7 Å². The Hall–Kier alpha value is -3.08. The lowest BCUT2D eigenvalue weighted by Crippen LogP contribution is -2.26. The van der Waals surface area contributed by atoms with E-state index in [0.717, 1.165) is 11.1 Å². The molecule has 0 saturated carbocycles. The first-order valence-corrected chi connectivity index (χ1v) is 7.28. The monoisotopic (exact) mass is 308 g/mol. The fourth-order valence-corrected chi connectivity index (χ4v) is 2.30. The summed E-state index contributed by atoms with van der Waals surface area (Å²) in [4.78, 5) is 28.5. The lowest BCUT2D eigenvalue weighted by atomic mass is 10.1. The van der Waals surface area contributed by atoms with E-state index in [1.165, 1.54) is 0 Å². The third-order valence-electron chi connectivity index (χ3n) is 3.45. The number of ether oxygens (including phenoxy) is 1. The number of aromatic nitrogens is 2. The third-order valence-corrected chi connectivity index (χ3v) is 3.45. The van der Waals surface area contributed by atoms with Crippen LogP contribution in [-0.2, 0) is 13.0 Å². The summed E-state index contributed by atoms with van der Waals surface area (Å²) in [6.45, 7) is 0.280. The average molecular weight is 308 g/mol. The van der Waals surface area contributed by atoms with Gasteiger partial charge in [-0.05, 0) is 11.1 Å². The summed E-state index contributed by atoms with van der Waals surface area (Å²) in [6.07, 6.45) is 0.386. The Kier molecular flexibility index (Phi) is 4.38. The second-order valence-corrected chi connectivity index (χ2v) is 5.15. The molecule has 0 atom stereocenters. The summed E-state index contributed by atoms with van der Waals surface area (Å²) in [7, 11) is 0. The second-order valence-electron chi connectivity index (χ2n) is 5.15. The predicted octanol–water partition coefficient (Wildman–Crippen LogP) is 2.23. The van der Waals surface area contributed by atoms with Gasteiger partial charge in [-0.2, -0.15) is 0 Å². The SMILES string of the molecule is O=c1[nH]c(OCc2ccccc2)c(Cc2ccccc2)c(=O)[nH]1. The number of benzene rings is 2. The van der Waals surface area contributed by atoms with Crippen molar-refractivity contribution in [2.75, 3.05) is 0 Å². The fourth-order valence-electron chi connectivity index (χ4n) is 2.30. The van der Waals surface area contributed by atoms with E-state index in [0.29, 0.717) is 12.0 Å². The smallest absolute Gasteiger partial charge is 0.328 e. The summed E-state index contributed by atoms with van der Waals surface area (Å²) in [6, 6.07) is 19.1. The van der Waals surface area contributed by atoms with Crippen molar-refractivity contribution in [1.29, 1.82) is 0 Å². The van der Waals surface area contributed by atoms with Crippen LogP contribution in [0.15, 0.2) is 70.3 Å². The van der Waals surface area contributed by atoms with Gasteiger partial charge in [-0.3, -0.25) is 14.8 Å². The van der Waals surface area contributed by atoms with E-state index in [1.54, 1.807) is 0 Å². The molecule has 116 valence electrons. The van der Waals surface area contributed by atoms with Crippen molar-refractivity contribution in [3.05, 3.63) is 98.2 Å². The van der Waals surface area contributed by atoms with Gasteiger partial charge >= 0.3 is 5.69 Å². The van der Waals surface area contributed by atoms with Crippen LogP contribution < -0.4 is 16.0 Å². The molecule has 5 nitrogen and oxygen atoms in total. The third kappa shape index (κ3) is 3.77. The van der Waals surface area contributed by atoms with Crippen molar-refractivity contribution in [3.63, 3.8) is 0 Å². The van der Waals surface area contributed by atoms with Crippen molar-refractivity contribution >= 4 is 0 Å². The second kappa shape index (κ2) is 6.79. The van der Waals surface area contributed by atoms with Gasteiger partial charge in [-0.1, -0.05) is 60.7 Å². The standard InChI is InChI=1S/C18H16N2O3/c21-16-15(11-13-7-3-1-4-8-13)17(20-18(22)19-16)23-12-14-9-5-2-6-10-14/h1-10H,11-12H2,(H2,19,20,21,22). The average Bonchev–Trinajstić information content (AvgIpc) is 2.57. The summed E-state index contributed by atoms with van der Waals surface area (Å²) >= 11 is 0. The van der Waals surface area contributed by atoms with Gasteiger partial charge in [-0.15, -0.1) is 0 Å². The summed E-state index contributed by atoms with van der Waals surface area (Å²) in [5.74, 6) is 0.214. The van der Waals surface area contributed by atoms with Gasteiger partial charge in [0.2, 0.25) is 5.88 Å². The number of nitrogens with one attached hydrogen (secondary N) is 2. The lowest BCUT2D eigenvalue weighted by Gasteiger charge is -2.10. The highest BCUT2D eigenvalue weighted by molar-refractivity contribution is 5.30. The van der Waals surface area contributed by atoms with Crippen LogP contribution >= 0.6 is 0 Å². The zero-order valence-electron chi connectivity index (χ0n) is 12.4. The van der Waals surface area contributed by atoms with Gasteiger partial charge in [0.1, 0.15) is 6.61 Å². The number of H-pyrrole nitrogens is 2. The number of hydrogen-bond donors (Lipinski definition) is 2. The maximum atomic E-state index is 12.1. The molecule has 3 rings (SSSR count). The molecule has 0 aliphatic heterocycles. The molecule has 0 saturated heterocycles. The summed E-state index contributed by atoms with van der Waals surface area (Å²) in [5, 5.41) is 0. The quantitative estimate of drug-likeness (QED) is 0.759. The molecule has 0 bridgehead atoms. The molecule has 2 N–H and O–H groups in total. The van der Waals surface area contributed by atoms with Crippen molar-refractivity contribution in [2.24, 2.45) is 0 Å². The van der Waals surface area contributed by atoms with E-state index in [9.17, 15) is 9.59 Å². The van der Waals surface area contributed by atoms with E-state index in [-0.39, 0.29) is 12.5 Å². The Balaban J connectivity index is 1.89. The van der Waals surface area contributed by atoms with Gasteiger partial charge in [0.05, 0.1) is 5.56 Å². The first-order valence-electron chi connectivity index (χ1n) is 7.28. The minimum absolute atomic E-state index is 0.214.